The molecule has 78 valence electrons. The molecule has 0 rings (SSSR count). The molecule has 13 heavy (non-hydrogen) atoms. The van der Waals surface area contributed by atoms with E-state index in [-0.39, 0.29) is 12.4 Å². The van der Waals surface area contributed by atoms with Crippen LogP contribution in [0.4, 0.5) is 0 Å². The van der Waals surface area contributed by atoms with Crippen LogP contribution in [0.1, 0.15) is 6.92 Å². The van der Waals surface area contributed by atoms with E-state index in [4.69, 9.17) is 9.47 Å². The zero-order valence-corrected chi connectivity index (χ0v) is 8.71. The van der Waals surface area contributed by atoms with Crippen molar-refractivity contribution in [3.63, 3.8) is 0 Å². The van der Waals surface area contributed by atoms with Crippen LogP contribution in [0.5, 0.6) is 0 Å². The highest BCUT2D eigenvalue weighted by molar-refractivity contribution is 5.81. The number of nitrogens with zero attached hydrogens (tertiary/aromatic N) is 1. The molecule has 0 aromatic carbocycles. The van der Waals surface area contributed by atoms with Gasteiger partial charge in [-0.1, -0.05) is 0 Å². The minimum Gasteiger partial charge on any atom is -0.380 e. The second-order valence-electron chi connectivity index (χ2n) is 2.91. The Morgan fingerprint density at radius 3 is 2.69 bits per heavy atom. The van der Waals surface area contributed by atoms with E-state index >= 15 is 0 Å². The maximum Gasteiger partial charge on any atom is 0.172 e. The normalized spacial score (nSPS) is 10.8. The molecule has 0 aliphatic carbocycles. The first-order chi connectivity index (χ1) is 6.20. The summed E-state index contributed by atoms with van der Waals surface area (Å²) in [7, 11) is 3.42. The van der Waals surface area contributed by atoms with Gasteiger partial charge in [-0.05, 0) is 14.0 Å². The van der Waals surface area contributed by atoms with Gasteiger partial charge in [0, 0.05) is 20.3 Å². The number of hydrogen-bond donors (Lipinski definition) is 0. The summed E-state index contributed by atoms with van der Waals surface area (Å²) < 4.78 is 9.88. The zero-order chi connectivity index (χ0) is 10.1. The number of hydrogen-bond acceptors (Lipinski definition) is 4. The molecule has 0 aromatic heterocycles. The molecule has 0 N–H and O–H groups in total. The predicted molar refractivity (Wildman–Crippen MR) is 50.9 cm³/mol. The largest absolute Gasteiger partial charge is 0.380 e. The van der Waals surface area contributed by atoms with Crippen molar-refractivity contribution in [3.8, 4) is 0 Å². The molecule has 4 nitrogen and oxygen atoms in total. The molecular formula is C9H19NO3. The second-order valence-corrected chi connectivity index (χ2v) is 2.91. The molecule has 0 aliphatic rings. The number of ether oxygens (including phenoxy) is 2. The van der Waals surface area contributed by atoms with Crippen LogP contribution in [-0.4, -0.2) is 57.8 Å². The van der Waals surface area contributed by atoms with E-state index in [0.717, 1.165) is 13.2 Å². The van der Waals surface area contributed by atoms with E-state index in [1.807, 2.05) is 18.9 Å². The van der Waals surface area contributed by atoms with Crippen LogP contribution in [0.25, 0.3) is 0 Å². The summed E-state index contributed by atoms with van der Waals surface area (Å²) in [5.41, 5.74) is 0. The van der Waals surface area contributed by atoms with Gasteiger partial charge < -0.3 is 9.47 Å². The monoisotopic (exact) mass is 189 g/mol. The van der Waals surface area contributed by atoms with Gasteiger partial charge >= 0.3 is 0 Å². The average Bonchev–Trinajstić information content (AvgIpc) is 2.05. The first-order valence-electron chi connectivity index (χ1n) is 4.47. The lowest BCUT2D eigenvalue weighted by atomic mass is 10.4. The van der Waals surface area contributed by atoms with Crippen LogP contribution < -0.4 is 0 Å². The van der Waals surface area contributed by atoms with Gasteiger partial charge in [-0.25, -0.2) is 0 Å². The van der Waals surface area contributed by atoms with Crippen molar-refractivity contribution in [3.05, 3.63) is 0 Å². The molecule has 0 saturated heterocycles. The van der Waals surface area contributed by atoms with Crippen LogP contribution >= 0.6 is 0 Å². The van der Waals surface area contributed by atoms with Crippen molar-refractivity contribution >= 4 is 5.78 Å². The smallest absolute Gasteiger partial charge is 0.172 e. The summed E-state index contributed by atoms with van der Waals surface area (Å²) in [5, 5.41) is 0. The van der Waals surface area contributed by atoms with Gasteiger partial charge in [-0.15, -0.1) is 0 Å². The van der Waals surface area contributed by atoms with Crippen LogP contribution in [0.2, 0.25) is 0 Å². The number of carbonyl (C=O) groups is 1. The van der Waals surface area contributed by atoms with E-state index in [9.17, 15) is 4.79 Å². The molecule has 0 aliphatic heterocycles. The fourth-order valence-electron chi connectivity index (χ4n) is 0.951. The van der Waals surface area contributed by atoms with Gasteiger partial charge in [0.1, 0.15) is 6.61 Å². The molecule has 0 unspecified atom stereocenters. The maximum absolute atomic E-state index is 11.1. The summed E-state index contributed by atoms with van der Waals surface area (Å²) in [5.74, 6) is 0.0986. The molecule has 0 heterocycles. The number of carbonyl (C=O) groups excluding carboxylic acids is 1. The van der Waals surface area contributed by atoms with E-state index in [2.05, 4.69) is 0 Å². The quantitative estimate of drug-likeness (QED) is 0.510. The highest BCUT2D eigenvalue weighted by atomic mass is 16.5. The lowest BCUT2D eigenvalue weighted by molar-refractivity contribution is -0.123. The third kappa shape index (κ3) is 7.90. The Balaban J connectivity index is 3.38. The van der Waals surface area contributed by atoms with Gasteiger partial charge in [0.15, 0.2) is 5.78 Å². The van der Waals surface area contributed by atoms with Crippen molar-refractivity contribution in [1.29, 1.82) is 0 Å². The zero-order valence-electron chi connectivity index (χ0n) is 8.71. The van der Waals surface area contributed by atoms with Crippen molar-refractivity contribution in [1.82, 2.24) is 4.90 Å². The number of likely N-dealkylation sites (N-methyl/N-ethyl adjacent to an activating group) is 1. The first-order valence-corrected chi connectivity index (χ1v) is 4.47. The third-order valence-corrected chi connectivity index (χ3v) is 1.57. The standard InChI is InChI=1S/C9H19NO3/c1-4-13-6-5-10(2)7-9(11)8-12-3/h4-8H2,1-3H3. The molecular weight excluding hydrogens is 170 g/mol. The third-order valence-electron chi connectivity index (χ3n) is 1.57. The van der Waals surface area contributed by atoms with E-state index in [0.29, 0.717) is 13.2 Å². The van der Waals surface area contributed by atoms with Crippen molar-refractivity contribution in [2.45, 2.75) is 6.92 Å². The Morgan fingerprint density at radius 1 is 1.46 bits per heavy atom. The molecule has 0 amide bonds. The van der Waals surface area contributed by atoms with Crippen LogP contribution in [0.15, 0.2) is 0 Å². The first kappa shape index (κ1) is 12.6. The second kappa shape index (κ2) is 8.16. The fraction of sp³-hybridized carbons (Fsp3) is 0.889. The highest BCUT2D eigenvalue weighted by Crippen LogP contribution is 1.85. The Kier molecular flexibility index (Phi) is 7.88. The molecule has 0 saturated carbocycles. The average molecular weight is 189 g/mol. The highest BCUT2D eigenvalue weighted by Gasteiger charge is 2.05. The SMILES string of the molecule is CCOCCN(C)CC(=O)COC. The molecule has 0 spiro atoms. The molecule has 4 heteroatoms. The fourth-order valence-corrected chi connectivity index (χ4v) is 0.951. The summed E-state index contributed by atoms with van der Waals surface area (Å²) in [6.07, 6.45) is 0. The molecule has 0 fully saturated rings. The van der Waals surface area contributed by atoms with Crippen LogP contribution in [-0.2, 0) is 14.3 Å². The minimum absolute atomic E-state index is 0.0986. The molecule has 0 radical (unpaired) electrons. The van der Waals surface area contributed by atoms with Crippen molar-refractivity contribution in [2.75, 3.05) is 47.1 Å². The molecule has 0 aromatic rings. The van der Waals surface area contributed by atoms with Crippen molar-refractivity contribution < 1.29 is 14.3 Å². The van der Waals surface area contributed by atoms with E-state index < -0.39 is 0 Å². The molecule has 0 bridgehead atoms. The van der Waals surface area contributed by atoms with Gasteiger partial charge in [0.05, 0.1) is 13.2 Å². The predicted octanol–water partition coefficient (Wildman–Crippen LogP) is 0.170. The Hall–Kier alpha value is -0.450. The van der Waals surface area contributed by atoms with Gasteiger partial charge in [-0.3, -0.25) is 9.69 Å². The summed E-state index contributed by atoms with van der Waals surface area (Å²) in [6.45, 7) is 4.76. The number of Topliss-reactive ketones (excluding diaryl/α,β-unsaturated/α-hetero) is 1. The maximum atomic E-state index is 11.1. The van der Waals surface area contributed by atoms with Gasteiger partial charge in [-0.2, -0.15) is 0 Å². The Bertz CT molecular complexity index is 139. The van der Waals surface area contributed by atoms with Crippen molar-refractivity contribution in [2.24, 2.45) is 0 Å². The summed E-state index contributed by atoms with van der Waals surface area (Å²) >= 11 is 0. The van der Waals surface area contributed by atoms with Crippen LogP contribution in [0.3, 0.4) is 0 Å². The van der Waals surface area contributed by atoms with E-state index in [1.165, 1.54) is 7.11 Å². The Morgan fingerprint density at radius 2 is 2.15 bits per heavy atom. The van der Waals surface area contributed by atoms with E-state index in [1.54, 1.807) is 0 Å². The van der Waals surface area contributed by atoms with Crippen LogP contribution in [0, 0.1) is 0 Å². The Labute approximate surface area is 79.8 Å². The summed E-state index contributed by atoms with van der Waals surface area (Å²) in [6, 6.07) is 0. The summed E-state index contributed by atoms with van der Waals surface area (Å²) in [4.78, 5) is 13.0. The number of rotatable bonds is 8. The lowest BCUT2D eigenvalue weighted by Gasteiger charge is -2.14. The molecule has 0 atom stereocenters. The number of methoxy groups -OCH3 is 1. The minimum atomic E-state index is 0.0986. The topological polar surface area (TPSA) is 38.8 Å². The van der Waals surface area contributed by atoms with Gasteiger partial charge in [0.25, 0.3) is 0 Å². The number of ketones is 1. The lowest BCUT2D eigenvalue weighted by Crippen LogP contribution is -2.30. The van der Waals surface area contributed by atoms with Gasteiger partial charge in [0.2, 0.25) is 0 Å².